The molecule has 1 unspecified atom stereocenters. The van der Waals surface area contributed by atoms with Crippen LogP contribution in [-0.4, -0.2) is 5.91 Å². The average Bonchev–Trinajstić information content (AvgIpc) is 2.44. The van der Waals surface area contributed by atoms with Gasteiger partial charge in [-0.3, -0.25) is 4.79 Å². The van der Waals surface area contributed by atoms with Gasteiger partial charge in [-0.1, -0.05) is 46.3 Å². The molecule has 0 aliphatic carbocycles. The summed E-state index contributed by atoms with van der Waals surface area (Å²) in [7, 11) is 0. The van der Waals surface area contributed by atoms with Crippen molar-refractivity contribution in [2.24, 2.45) is 0 Å². The molecule has 0 aliphatic rings. The number of nitriles is 1. The van der Waals surface area contributed by atoms with Gasteiger partial charge >= 0.3 is 0 Å². The third kappa shape index (κ3) is 3.47. The normalized spacial score (nSPS) is 11.4. The zero-order valence-corrected chi connectivity index (χ0v) is 13.5. The van der Waals surface area contributed by atoms with Gasteiger partial charge in [-0.15, -0.1) is 0 Å². The third-order valence-corrected chi connectivity index (χ3v) is 3.86. The van der Waals surface area contributed by atoms with Gasteiger partial charge in [0.1, 0.15) is 0 Å². The topological polar surface area (TPSA) is 52.9 Å². The van der Waals surface area contributed by atoms with Crippen LogP contribution in [0.3, 0.4) is 0 Å². The molecule has 0 aromatic heterocycles. The van der Waals surface area contributed by atoms with E-state index in [-0.39, 0.29) is 5.91 Å². The van der Waals surface area contributed by atoms with Gasteiger partial charge in [0.15, 0.2) is 5.92 Å². The van der Waals surface area contributed by atoms with Gasteiger partial charge in [0.05, 0.1) is 11.8 Å². The molecule has 0 spiro atoms. The van der Waals surface area contributed by atoms with Crippen LogP contribution in [0.4, 0.5) is 5.69 Å². The monoisotopic (exact) mass is 392 g/mol. The number of nitrogens with zero attached hydrogens (tertiary/aromatic N) is 1. The molecule has 0 bridgehead atoms. The molecule has 3 nitrogen and oxygen atoms in total. The molecule has 0 aliphatic heterocycles. The third-order valence-electron chi connectivity index (χ3n) is 2.71. The van der Waals surface area contributed by atoms with Crippen molar-refractivity contribution in [3.8, 4) is 6.07 Å². The molecule has 20 heavy (non-hydrogen) atoms. The van der Waals surface area contributed by atoms with E-state index in [1.165, 1.54) is 0 Å². The summed E-state index contributed by atoms with van der Waals surface area (Å²) < 4.78 is 1.66. The molecule has 0 saturated carbocycles. The lowest BCUT2D eigenvalue weighted by atomic mass is 10.00. The van der Waals surface area contributed by atoms with E-state index >= 15 is 0 Å². The summed E-state index contributed by atoms with van der Waals surface area (Å²) in [6.07, 6.45) is 0. The smallest absolute Gasteiger partial charge is 0.246 e. The highest BCUT2D eigenvalue weighted by Gasteiger charge is 2.20. The fourth-order valence-electron chi connectivity index (χ4n) is 1.73. The Balaban J connectivity index is 2.21. The molecule has 0 heterocycles. The Kier molecular flexibility index (Phi) is 4.94. The van der Waals surface area contributed by atoms with Gasteiger partial charge < -0.3 is 5.32 Å². The molecule has 1 N–H and O–H groups in total. The summed E-state index contributed by atoms with van der Waals surface area (Å²) in [5.74, 6) is -1.17. The van der Waals surface area contributed by atoms with Crippen molar-refractivity contribution >= 4 is 43.5 Å². The van der Waals surface area contributed by atoms with E-state index in [2.05, 4.69) is 37.2 Å². The van der Waals surface area contributed by atoms with Crippen molar-refractivity contribution in [1.82, 2.24) is 0 Å². The number of amides is 1. The summed E-state index contributed by atoms with van der Waals surface area (Å²) in [6.45, 7) is 0. The van der Waals surface area contributed by atoms with Gasteiger partial charge in [0.2, 0.25) is 5.91 Å². The Morgan fingerprint density at radius 3 is 2.45 bits per heavy atom. The number of carbonyl (C=O) groups excluding carboxylic acids is 1. The molecular formula is C15H10Br2N2O. The Morgan fingerprint density at radius 2 is 1.85 bits per heavy atom. The van der Waals surface area contributed by atoms with Crippen LogP contribution in [0.1, 0.15) is 11.5 Å². The maximum absolute atomic E-state index is 12.2. The Hall–Kier alpha value is -1.64. The van der Waals surface area contributed by atoms with Crippen LogP contribution in [0.2, 0.25) is 0 Å². The van der Waals surface area contributed by atoms with Crippen LogP contribution in [0.5, 0.6) is 0 Å². The zero-order valence-electron chi connectivity index (χ0n) is 10.3. The molecule has 0 fully saturated rings. The molecular weight excluding hydrogens is 384 g/mol. The van der Waals surface area contributed by atoms with Gasteiger partial charge in [-0.2, -0.15) is 5.26 Å². The van der Waals surface area contributed by atoms with E-state index in [0.29, 0.717) is 11.3 Å². The lowest BCUT2D eigenvalue weighted by molar-refractivity contribution is -0.116. The first-order valence-electron chi connectivity index (χ1n) is 5.82. The first-order valence-corrected chi connectivity index (χ1v) is 7.41. The molecule has 2 aromatic rings. The predicted molar refractivity (Wildman–Crippen MR) is 85.3 cm³/mol. The Bertz CT molecular complexity index is 665. The molecule has 100 valence electrons. The predicted octanol–water partition coefficient (Wildman–Crippen LogP) is 4.46. The number of halogens is 2. The van der Waals surface area contributed by atoms with Gasteiger partial charge in [-0.25, -0.2) is 0 Å². The highest BCUT2D eigenvalue weighted by Crippen LogP contribution is 2.27. The highest BCUT2D eigenvalue weighted by molar-refractivity contribution is 9.11. The van der Waals surface area contributed by atoms with E-state index in [1.807, 2.05) is 36.4 Å². The molecule has 2 rings (SSSR count). The van der Waals surface area contributed by atoms with Crippen LogP contribution in [0.25, 0.3) is 0 Å². The second kappa shape index (κ2) is 6.69. The van der Waals surface area contributed by atoms with Crippen LogP contribution < -0.4 is 5.32 Å². The maximum Gasteiger partial charge on any atom is 0.246 e. The maximum atomic E-state index is 12.2. The number of hydrogen-bond acceptors (Lipinski definition) is 2. The standard InChI is InChI=1S/C15H10Br2N2O/c16-11-6-7-14(13(17)8-11)19-15(20)12(9-18)10-4-2-1-3-5-10/h1-8,12H,(H,19,20). The fraction of sp³-hybridized carbons (Fsp3) is 0.0667. The number of hydrogen-bond donors (Lipinski definition) is 1. The molecule has 5 heteroatoms. The van der Waals surface area contributed by atoms with Crippen molar-refractivity contribution in [1.29, 1.82) is 5.26 Å². The van der Waals surface area contributed by atoms with E-state index in [4.69, 9.17) is 0 Å². The summed E-state index contributed by atoms with van der Waals surface area (Å²) in [5, 5.41) is 12.0. The van der Waals surface area contributed by atoms with Gasteiger partial charge in [0.25, 0.3) is 0 Å². The molecule has 2 aromatic carbocycles. The lowest BCUT2D eigenvalue weighted by Crippen LogP contribution is -2.20. The van der Waals surface area contributed by atoms with E-state index in [0.717, 1.165) is 8.95 Å². The van der Waals surface area contributed by atoms with Crippen molar-refractivity contribution < 1.29 is 4.79 Å². The largest absolute Gasteiger partial charge is 0.324 e. The Morgan fingerprint density at radius 1 is 1.15 bits per heavy atom. The first kappa shape index (κ1) is 14.8. The van der Waals surface area contributed by atoms with E-state index < -0.39 is 5.92 Å². The number of carbonyl (C=O) groups is 1. The molecule has 1 atom stereocenters. The quantitative estimate of drug-likeness (QED) is 0.836. The Labute approximate surface area is 133 Å². The minimum atomic E-state index is -0.827. The first-order chi connectivity index (χ1) is 9.61. The second-order valence-corrected chi connectivity index (χ2v) is 5.86. The van der Waals surface area contributed by atoms with Gasteiger partial charge in [0, 0.05) is 8.95 Å². The number of nitrogens with one attached hydrogen (secondary N) is 1. The SMILES string of the molecule is N#CC(C(=O)Nc1ccc(Br)cc1Br)c1ccccc1. The molecule has 0 radical (unpaired) electrons. The van der Waals surface area contributed by atoms with E-state index in [1.54, 1.807) is 18.2 Å². The zero-order chi connectivity index (χ0) is 14.5. The van der Waals surface area contributed by atoms with E-state index in [9.17, 15) is 10.1 Å². The highest BCUT2D eigenvalue weighted by atomic mass is 79.9. The van der Waals surface area contributed by atoms with Crippen LogP contribution in [0.15, 0.2) is 57.5 Å². The molecule has 1 amide bonds. The van der Waals surface area contributed by atoms with Crippen molar-refractivity contribution in [2.45, 2.75) is 5.92 Å². The summed E-state index contributed by atoms with van der Waals surface area (Å²) in [4.78, 5) is 12.2. The van der Waals surface area contributed by atoms with Crippen LogP contribution >= 0.6 is 31.9 Å². The molecule has 0 saturated heterocycles. The van der Waals surface area contributed by atoms with Crippen molar-refractivity contribution in [3.63, 3.8) is 0 Å². The van der Waals surface area contributed by atoms with Crippen molar-refractivity contribution in [3.05, 3.63) is 63.0 Å². The fourth-order valence-corrected chi connectivity index (χ4v) is 2.87. The number of anilines is 1. The van der Waals surface area contributed by atoms with Crippen molar-refractivity contribution in [2.75, 3.05) is 5.32 Å². The lowest BCUT2D eigenvalue weighted by Gasteiger charge is -2.12. The van der Waals surface area contributed by atoms with Crippen LogP contribution in [0, 0.1) is 11.3 Å². The minimum absolute atomic E-state index is 0.346. The summed E-state index contributed by atoms with van der Waals surface area (Å²) in [6, 6.07) is 16.5. The minimum Gasteiger partial charge on any atom is -0.324 e. The number of rotatable bonds is 3. The summed E-state index contributed by atoms with van der Waals surface area (Å²) in [5.41, 5.74) is 1.31. The van der Waals surface area contributed by atoms with Crippen LogP contribution in [-0.2, 0) is 4.79 Å². The van der Waals surface area contributed by atoms with Gasteiger partial charge in [-0.05, 0) is 39.7 Å². The average molecular weight is 394 g/mol. The second-order valence-electron chi connectivity index (χ2n) is 4.09. The number of benzene rings is 2. The summed E-state index contributed by atoms with van der Waals surface area (Å²) >= 11 is 6.72.